The van der Waals surface area contributed by atoms with Crippen LogP contribution < -0.4 is 5.32 Å². The Morgan fingerprint density at radius 1 is 1.33 bits per heavy atom. The van der Waals surface area contributed by atoms with Crippen LogP contribution in [0.15, 0.2) is 0 Å². The van der Waals surface area contributed by atoms with Gasteiger partial charge in [0, 0.05) is 24.5 Å². The van der Waals surface area contributed by atoms with E-state index >= 15 is 0 Å². The molecular formula is C15H28N2O. The van der Waals surface area contributed by atoms with Crippen LogP contribution in [-0.4, -0.2) is 36.5 Å². The van der Waals surface area contributed by atoms with Crippen LogP contribution in [0.4, 0.5) is 0 Å². The molecule has 0 bridgehead atoms. The zero-order valence-electron chi connectivity index (χ0n) is 12.0. The zero-order valence-corrected chi connectivity index (χ0v) is 12.0. The van der Waals surface area contributed by atoms with Crippen molar-refractivity contribution in [1.29, 1.82) is 0 Å². The van der Waals surface area contributed by atoms with E-state index in [0.717, 1.165) is 38.9 Å². The predicted octanol–water partition coefficient (Wildman–Crippen LogP) is 2.56. The molecule has 2 fully saturated rings. The first-order chi connectivity index (χ1) is 8.67. The van der Waals surface area contributed by atoms with Crippen molar-refractivity contribution in [2.75, 3.05) is 19.6 Å². The normalized spacial score (nSPS) is 27.1. The lowest BCUT2D eigenvalue weighted by molar-refractivity contribution is -0.143. The van der Waals surface area contributed by atoms with Crippen LogP contribution >= 0.6 is 0 Å². The summed E-state index contributed by atoms with van der Waals surface area (Å²) in [6.07, 6.45) is 8.08. The van der Waals surface area contributed by atoms with Crippen LogP contribution in [0.3, 0.4) is 0 Å². The van der Waals surface area contributed by atoms with Crippen molar-refractivity contribution >= 4 is 5.91 Å². The Labute approximate surface area is 111 Å². The summed E-state index contributed by atoms with van der Waals surface area (Å²) in [5.41, 5.74) is -0.0629. The van der Waals surface area contributed by atoms with Crippen molar-refractivity contribution in [1.82, 2.24) is 10.2 Å². The summed E-state index contributed by atoms with van der Waals surface area (Å²) in [4.78, 5) is 15.0. The standard InChI is InChI=1S/C15H28N2O/c1-3-11-17(13-7-6-10-16-12-13)14(18)15(2)8-4-5-9-15/h13,16H,3-12H2,1-2H3. The van der Waals surface area contributed by atoms with Crippen LogP contribution in [0.5, 0.6) is 0 Å². The minimum Gasteiger partial charge on any atom is -0.338 e. The maximum Gasteiger partial charge on any atom is 0.228 e. The van der Waals surface area contributed by atoms with E-state index in [4.69, 9.17) is 0 Å². The fourth-order valence-electron chi connectivity index (χ4n) is 3.51. The largest absolute Gasteiger partial charge is 0.338 e. The van der Waals surface area contributed by atoms with Gasteiger partial charge in [0.25, 0.3) is 0 Å². The van der Waals surface area contributed by atoms with Gasteiger partial charge >= 0.3 is 0 Å². The smallest absolute Gasteiger partial charge is 0.228 e. The third kappa shape index (κ3) is 2.87. The Kier molecular flexibility index (Phi) is 4.66. The molecule has 1 saturated carbocycles. The Bertz CT molecular complexity index is 278. The highest BCUT2D eigenvalue weighted by Gasteiger charge is 2.40. The minimum atomic E-state index is -0.0629. The maximum atomic E-state index is 12.9. The van der Waals surface area contributed by atoms with Crippen LogP contribution in [0.25, 0.3) is 0 Å². The van der Waals surface area contributed by atoms with Gasteiger partial charge < -0.3 is 10.2 Å². The molecule has 2 aliphatic rings. The van der Waals surface area contributed by atoms with Crippen molar-refractivity contribution < 1.29 is 4.79 Å². The average molecular weight is 252 g/mol. The first-order valence-electron chi connectivity index (χ1n) is 7.69. The van der Waals surface area contributed by atoms with Crippen LogP contribution in [-0.2, 0) is 4.79 Å². The molecule has 2 rings (SSSR count). The second kappa shape index (κ2) is 6.05. The number of carbonyl (C=O) groups is 1. The number of hydrogen-bond acceptors (Lipinski definition) is 2. The Morgan fingerprint density at radius 2 is 2.06 bits per heavy atom. The van der Waals surface area contributed by atoms with Crippen molar-refractivity contribution in [2.24, 2.45) is 5.41 Å². The molecule has 1 aliphatic carbocycles. The van der Waals surface area contributed by atoms with Gasteiger partial charge in [-0.3, -0.25) is 4.79 Å². The minimum absolute atomic E-state index is 0.0629. The van der Waals surface area contributed by atoms with E-state index in [9.17, 15) is 4.79 Å². The van der Waals surface area contributed by atoms with E-state index in [-0.39, 0.29) is 5.41 Å². The highest BCUT2D eigenvalue weighted by Crippen LogP contribution is 2.39. The molecule has 3 heteroatoms. The second-order valence-electron chi connectivity index (χ2n) is 6.27. The van der Waals surface area contributed by atoms with Crippen molar-refractivity contribution in [3.05, 3.63) is 0 Å². The van der Waals surface area contributed by atoms with E-state index in [1.807, 2.05) is 0 Å². The summed E-state index contributed by atoms with van der Waals surface area (Å²) in [5.74, 6) is 0.426. The number of nitrogens with zero attached hydrogens (tertiary/aromatic N) is 1. The average Bonchev–Trinajstić information content (AvgIpc) is 2.84. The van der Waals surface area contributed by atoms with Gasteiger partial charge in [-0.15, -0.1) is 0 Å². The zero-order chi connectivity index (χ0) is 13.0. The lowest BCUT2D eigenvalue weighted by Gasteiger charge is -2.39. The molecular weight excluding hydrogens is 224 g/mol. The Balaban J connectivity index is 2.05. The molecule has 1 N–H and O–H groups in total. The van der Waals surface area contributed by atoms with Gasteiger partial charge in [0.05, 0.1) is 0 Å². The number of piperidine rings is 1. The SMILES string of the molecule is CCCN(C(=O)C1(C)CCCC1)C1CCCNC1. The molecule has 1 atom stereocenters. The molecule has 18 heavy (non-hydrogen) atoms. The summed E-state index contributed by atoms with van der Waals surface area (Å²) in [7, 11) is 0. The highest BCUT2D eigenvalue weighted by molar-refractivity contribution is 5.83. The molecule has 1 heterocycles. The monoisotopic (exact) mass is 252 g/mol. The second-order valence-corrected chi connectivity index (χ2v) is 6.27. The molecule has 0 spiro atoms. The highest BCUT2D eigenvalue weighted by atomic mass is 16.2. The number of amides is 1. The number of rotatable bonds is 4. The van der Waals surface area contributed by atoms with Gasteiger partial charge in [-0.1, -0.05) is 26.7 Å². The Morgan fingerprint density at radius 3 is 2.61 bits per heavy atom. The molecule has 0 aromatic rings. The topological polar surface area (TPSA) is 32.3 Å². The summed E-state index contributed by atoms with van der Waals surface area (Å²) in [6, 6.07) is 0.434. The van der Waals surface area contributed by atoms with Gasteiger partial charge in [-0.2, -0.15) is 0 Å². The van der Waals surface area contributed by atoms with Crippen molar-refractivity contribution in [3.63, 3.8) is 0 Å². The fourth-order valence-corrected chi connectivity index (χ4v) is 3.51. The first kappa shape index (κ1) is 13.9. The van der Waals surface area contributed by atoms with E-state index in [0.29, 0.717) is 11.9 Å². The molecule has 1 amide bonds. The predicted molar refractivity (Wildman–Crippen MR) is 74.5 cm³/mol. The molecule has 1 unspecified atom stereocenters. The van der Waals surface area contributed by atoms with E-state index < -0.39 is 0 Å². The maximum absolute atomic E-state index is 12.9. The van der Waals surface area contributed by atoms with E-state index in [1.54, 1.807) is 0 Å². The third-order valence-corrected chi connectivity index (χ3v) is 4.66. The lowest BCUT2D eigenvalue weighted by Crippen LogP contribution is -2.52. The molecule has 0 radical (unpaired) electrons. The van der Waals surface area contributed by atoms with Gasteiger partial charge in [-0.05, 0) is 38.6 Å². The van der Waals surface area contributed by atoms with Gasteiger partial charge in [0.1, 0.15) is 0 Å². The van der Waals surface area contributed by atoms with Gasteiger partial charge in [-0.25, -0.2) is 0 Å². The van der Waals surface area contributed by atoms with Gasteiger partial charge in [0.15, 0.2) is 0 Å². The summed E-state index contributed by atoms with van der Waals surface area (Å²) in [6.45, 7) is 7.39. The first-order valence-corrected chi connectivity index (χ1v) is 7.69. The van der Waals surface area contributed by atoms with Crippen molar-refractivity contribution in [3.8, 4) is 0 Å². The quantitative estimate of drug-likeness (QED) is 0.834. The summed E-state index contributed by atoms with van der Waals surface area (Å²) in [5, 5.41) is 3.44. The van der Waals surface area contributed by atoms with Crippen LogP contribution in [0, 0.1) is 5.41 Å². The molecule has 0 aromatic carbocycles. The van der Waals surface area contributed by atoms with E-state index in [1.165, 1.54) is 25.7 Å². The van der Waals surface area contributed by atoms with E-state index in [2.05, 4.69) is 24.1 Å². The molecule has 1 aliphatic heterocycles. The van der Waals surface area contributed by atoms with Crippen LogP contribution in [0.2, 0.25) is 0 Å². The number of carbonyl (C=O) groups excluding carboxylic acids is 1. The number of nitrogens with one attached hydrogen (secondary N) is 1. The Hall–Kier alpha value is -0.570. The fraction of sp³-hybridized carbons (Fsp3) is 0.933. The van der Waals surface area contributed by atoms with Gasteiger partial charge in [0.2, 0.25) is 5.91 Å². The molecule has 1 saturated heterocycles. The van der Waals surface area contributed by atoms with Crippen LogP contribution in [0.1, 0.15) is 58.8 Å². The lowest BCUT2D eigenvalue weighted by atomic mass is 9.86. The molecule has 104 valence electrons. The molecule has 3 nitrogen and oxygen atoms in total. The molecule has 0 aromatic heterocycles. The number of hydrogen-bond donors (Lipinski definition) is 1. The van der Waals surface area contributed by atoms with Crippen molar-refractivity contribution in [2.45, 2.75) is 64.8 Å². The third-order valence-electron chi connectivity index (χ3n) is 4.66. The summed E-state index contributed by atoms with van der Waals surface area (Å²) >= 11 is 0. The summed E-state index contributed by atoms with van der Waals surface area (Å²) < 4.78 is 0.